The van der Waals surface area contributed by atoms with E-state index >= 15 is 0 Å². The summed E-state index contributed by atoms with van der Waals surface area (Å²) in [7, 11) is 1.48. The van der Waals surface area contributed by atoms with Gasteiger partial charge in [0.2, 0.25) is 0 Å². The summed E-state index contributed by atoms with van der Waals surface area (Å²) in [5, 5.41) is 3.55. The van der Waals surface area contributed by atoms with Crippen LogP contribution < -0.4 is 5.32 Å². The van der Waals surface area contributed by atoms with E-state index in [0.29, 0.717) is 6.42 Å². The normalized spacial score (nSPS) is 15.6. The van der Waals surface area contributed by atoms with Crippen molar-refractivity contribution in [1.29, 1.82) is 0 Å². The van der Waals surface area contributed by atoms with Crippen molar-refractivity contribution in [1.82, 2.24) is 10.2 Å². The van der Waals surface area contributed by atoms with E-state index in [1.165, 1.54) is 181 Å². The van der Waals surface area contributed by atoms with E-state index in [4.69, 9.17) is 4.74 Å². The van der Waals surface area contributed by atoms with E-state index in [2.05, 4.69) is 17.1 Å². The van der Waals surface area contributed by atoms with E-state index in [0.717, 1.165) is 12.3 Å². The first-order valence-electron chi connectivity index (χ1n) is 16.8. The van der Waals surface area contributed by atoms with Crippen LogP contribution in [0.2, 0.25) is 0 Å². The number of carbonyl (C=O) groups excluding carboxylic acids is 1. The first kappa shape index (κ1) is 34.4. The van der Waals surface area contributed by atoms with Crippen LogP contribution in [-0.2, 0) is 9.53 Å². The van der Waals surface area contributed by atoms with Gasteiger partial charge in [0.25, 0.3) is 0 Å². The van der Waals surface area contributed by atoms with Crippen LogP contribution in [0.3, 0.4) is 0 Å². The van der Waals surface area contributed by atoms with E-state index < -0.39 is 0 Å². The summed E-state index contributed by atoms with van der Waals surface area (Å²) in [6, 6.07) is 0. The Kier molecular flexibility index (Phi) is 25.1. The number of esters is 1. The minimum Gasteiger partial charge on any atom is -0.469 e. The van der Waals surface area contributed by atoms with Crippen LogP contribution in [0.25, 0.3) is 0 Å². The second-order valence-electron chi connectivity index (χ2n) is 11.9. The maximum absolute atomic E-state index is 11.1. The van der Waals surface area contributed by atoms with E-state index in [1.54, 1.807) is 0 Å². The number of unbranched alkanes of at least 4 members (excludes halogenated alkanes) is 19. The molecule has 1 atom stereocenters. The van der Waals surface area contributed by atoms with Gasteiger partial charge in [-0.25, -0.2) is 0 Å². The summed E-state index contributed by atoms with van der Waals surface area (Å²) < 4.78 is 4.71. The SMILES string of the molecule is CCCCCCCCCCCCCCN(CCCCCCCCCCCC(=O)OC)CCC1CCNC1. The Morgan fingerprint density at radius 1 is 0.676 bits per heavy atom. The number of rotatable bonds is 28. The zero-order valence-electron chi connectivity index (χ0n) is 25.3. The first-order valence-corrected chi connectivity index (χ1v) is 16.8. The lowest BCUT2D eigenvalue weighted by Crippen LogP contribution is -2.29. The predicted octanol–water partition coefficient (Wildman–Crippen LogP) is 9.06. The molecule has 220 valence electrons. The van der Waals surface area contributed by atoms with E-state index in [9.17, 15) is 4.79 Å². The number of carbonyl (C=O) groups is 1. The molecule has 1 fully saturated rings. The second kappa shape index (κ2) is 27.0. The summed E-state index contributed by atoms with van der Waals surface area (Å²) in [4.78, 5) is 13.9. The first-order chi connectivity index (χ1) is 18.3. The van der Waals surface area contributed by atoms with E-state index in [1.807, 2.05) is 0 Å². The molecular formula is C33H66N2O2. The minimum absolute atomic E-state index is 0.0623. The number of ether oxygens (including phenoxy) is 1. The topological polar surface area (TPSA) is 41.6 Å². The standard InChI is InChI=1S/C33H66N2O2/c1-3-4-5-6-7-8-9-10-13-16-19-22-28-35(30-26-32-25-27-34-31-32)29-23-20-17-14-11-12-15-18-21-24-33(36)37-2/h32,34H,3-31H2,1-2H3. The van der Waals surface area contributed by atoms with Gasteiger partial charge in [-0.3, -0.25) is 4.79 Å². The largest absolute Gasteiger partial charge is 0.469 e. The van der Waals surface area contributed by atoms with Crippen molar-refractivity contribution in [3.63, 3.8) is 0 Å². The molecule has 0 spiro atoms. The Morgan fingerprint density at radius 2 is 1.14 bits per heavy atom. The summed E-state index contributed by atoms with van der Waals surface area (Å²) in [6.45, 7) is 8.73. The molecule has 1 N–H and O–H groups in total. The number of hydrogen-bond donors (Lipinski definition) is 1. The highest BCUT2D eigenvalue weighted by atomic mass is 16.5. The molecule has 1 rings (SSSR count). The minimum atomic E-state index is -0.0623. The molecule has 37 heavy (non-hydrogen) atoms. The molecule has 0 aliphatic carbocycles. The lowest BCUT2D eigenvalue weighted by molar-refractivity contribution is -0.140. The molecule has 1 saturated heterocycles. The lowest BCUT2D eigenvalue weighted by Gasteiger charge is -2.24. The van der Waals surface area contributed by atoms with Crippen LogP contribution in [0.4, 0.5) is 0 Å². The Bertz CT molecular complexity index is 479. The molecule has 0 aromatic rings. The fraction of sp³-hybridized carbons (Fsp3) is 0.970. The molecule has 4 heteroatoms. The van der Waals surface area contributed by atoms with Crippen molar-refractivity contribution >= 4 is 5.97 Å². The Balaban J connectivity index is 2.01. The summed E-state index contributed by atoms with van der Waals surface area (Å²) in [6.07, 6.45) is 32.2. The monoisotopic (exact) mass is 523 g/mol. The number of nitrogens with one attached hydrogen (secondary N) is 1. The van der Waals surface area contributed by atoms with Crippen LogP contribution >= 0.6 is 0 Å². The molecular weight excluding hydrogens is 456 g/mol. The molecule has 0 radical (unpaired) electrons. The molecule has 0 amide bonds. The van der Waals surface area contributed by atoms with Crippen molar-refractivity contribution in [3.05, 3.63) is 0 Å². The highest BCUT2D eigenvalue weighted by Crippen LogP contribution is 2.16. The Morgan fingerprint density at radius 3 is 1.57 bits per heavy atom. The third-order valence-corrected chi connectivity index (χ3v) is 8.43. The van der Waals surface area contributed by atoms with Crippen molar-refractivity contribution in [2.24, 2.45) is 5.92 Å². The van der Waals surface area contributed by atoms with Crippen molar-refractivity contribution in [2.45, 2.75) is 161 Å². The fourth-order valence-electron chi connectivity index (χ4n) is 5.78. The van der Waals surface area contributed by atoms with Gasteiger partial charge in [0.1, 0.15) is 0 Å². The zero-order valence-corrected chi connectivity index (χ0v) is 25.3. The summed E-state index contributed by atoms with van der Waals surface area (Å²) in [5.41, 5.74) is 0. The lowest BCUT2D eigenvalue weighted by atomic mass is 10.0. The third kappa shape index (κ3) is 23.0. The molecule has 0 saturated carbocycles. The van der Waals surface area contributed by atoms with Gasteiger partial charge in [-0.05, 0) is 70.7 Å². The molecule has 1 unspecified atom stereocenters. The molecule has 1 aliphatic rings. The van der Waals surface area contributed by atoms with Gasteiger partial charge in [-0.2, -0.15) is 0 Å². The third-order valence-electron chi connectivity index (χ3n) is 8.43. The van der Waals surface area contributed by atoms with Gasteiger partial charge in [0.05, 0.1) is 7.11 Å². The average Bonchev–Trinajstić information content (AvgIpc) is 3.44. The molecule has 4 nitrogen and oxygen atoms in total. The van der Waals surface area contributed by atoms with Gasteiger partial charge in [0, 0.05) is 6.42 Å². The molecule has 0 aromatic carbocycles. The summed E-state index contributed by atoms with van der Waals surface area (Å²) in [5.74, 6) is 0.852. The Labute approximate surface area is 232 Å². The van der Waals surface area contributed by atoms with Gasteiger partial charge in [-0.1, -0.05) is 122 Å². The Hall–Kier alpha value is -0.610. The van der Waals surface area contributed by atoms with Crippen molar-refractivity contribution in [2.75, 3.05) is 39.8 Å². The van der Waals surface area contributed by atoms with Crippen molar-refractivity contribution < 1.29 is 9.53 Å². The zero-order chi connectivity index (χ0) is 26.7. The number of hydrogen-bond acceptors (Lipinski definition) is 4. The van der Waals surface area contributed by atoms with Crippen LogP contribution in [0, 0.1) is 5.92 Å². The van der Waals surface area contributed by atoms with Gasteiger partial charge in [0.15, 0.2) is 0 Å². The smallest absolute Gasteiger partial charge is 0.305 e. The fourth-order valence-corrected chi connectivity index (χ4v) is 5.78. The highest BCUT2D eigenvalue weighted by Gasteiger charge is 2.15. The van der Waals surface area contributed by atoms with Gasteiger partial charge in [-0.15, -0.1) is 0 Å². The molecule has 0 aromatic heterocycles. The predicted molar refractivity (Wildman–Crippen MR) is 161 cm³/mol. The van der Waals surface area contributed by atoms with Crippen LogP contribution in [0.15, 0.2) is 0 Å². The second-order valence-corrected chi connectivity index (χ2v) is 11.9. The van der Waals surface area contributed by atoms with Gasteiger partial charge < -0.3 is 15.0 Å². The number of methoxy groups -OCH3 is 1. The molecule has 0 bridgehead atoms. The molecule has 1 heterocycles. The van der Waals surface area contributed by atoms with Crippen LogP contribution in [0.5, 0.6) is 0 Å². The number of nitrogens with zero attached hydrogens (tertiary/aromatic N) is 1. The average molecular weight is 523 g/mol. The molecule has 1 aliphatic heterocycles. The maximum Gasteiger partial charge on any atom is 0.305 e. The quantitative estimate of drug-likeness (QED) is 0.0822. The van der Waals surface area contributed by atoms with Crippen molar-refractivity contribution in [3.8, 4) is 0 Å². The van der Waals surface area contributed by atoms with Crippen LogP contribution in [0.1, 0.15) is 161 Å². The highest BCUT2D eigenvalue weighted by molar-refractivity contribution is 5.68. The maximum atomic E-state index is 11.1. The van der Waals surface area contributed by atoms with E-state index in [-0.39, 0.29) is 5.97 Å². The summed E-state index contributed by atoms with van der Waals surface area (Å²) >= 11 is 0. The van der Waals surface area contributed by atoms with Gasteiger partial charge >= 0.3 is 5.97 Å². The van der Waals surface area contributed by atoms with Crippen LogP contribution in [-0.4, -0.2) is 50.7 Å².